The van der Waals surface area contributed by atoms with Crippen LogP contribution in [0.2, 0.25) is 0 Å². The lowest BCUT2D eigenvalue weighted by atomic mass is 9.87. The van der Waals surface area contributed by atoms with Gasteiger partial charge in [-0.05, 0) is 18.8 Å². The average Bonchev–Trinajstić information content (AvgIpc) is 2.38. The Kier molecular flexibility index (Phi) is 4.13. The van der Waals surface area contributed by atoms with Gasteiger partial charge >= 0.3 is 5.69 Å². The second kappa shape index (κ2) is 5.81. The number of nitro groups is 1. The summed E-state index contributed by atoms with van der Waals surface area (Å²) in [5.41, 5.74) is -0.0803. The third kappa shape index (κ3) is 3.10. The maximum absolute atomic E-state index is 11.2. The van der Waals surface area contributed by atoms with Crippen LogP contribution in [0.3, 0.4) is 0 Å². The number of aromatic nitrogens is 2. The zero-order chi connectivity index (χ0) is 13.8. The van der Waals surface area contributed by atoms with E-state index in [1.54, 1.807) is 7.05 Å². The minimum atomic E-state index is -0.444. The molecule has 7 heteroatoms. The van der Waals surface area contributed by atoms with Crippen molar-refractivity contribution in [2.24, 2.45) is 5.92 Å². The van der Waals surface area contributed by atoms with E-state index in [9.17, 15) is 10.1 Å². The molecule has 1 aromatic rings. The van der Waals surface area contributed by atoms with Crippen molar-refractivity contribution in [2.75, 3.05) is 17.7 Å². The summed E-state index contributed by atoms with van der Waals surface area (Å²) in [7, 11) is 1.61. The van der Waals surface area contributed by atoms with Crippen LogP contribution in [-0.2, 0) is 0 Å². The second-order valence-electron chi connectivity index (χ2n) is 5.04. The van der Waals surface area contributed by atoms with Crippen LogP contribution in [0.15, 0.2) is 6.33 Å². The van der Waals surface area contributed by atoms with E-state index in [0.29, 0.717) is 11.7 Å². The van der Waals surface area contributed by atoms with Crippen LogP contribution in [0.25, 0.3) is 0 Å². The quantitative estimate of drug-likeness (QED) is 0.641. The van der Waals surface area contributed by atoms with E-state index in [0.717, 1.165) is 19.3 Å². The van der Waals surface area contributed by atoms with Crippen molar-refractivity contribution >= 4 is 17.3 Å². The van der Waals surface area contributed by atoms with Gasteiger partial charge in [0.15, 0.2) is 0 Å². The van der Waals surface area contributed by atoms with Gasteiger partial charge in [-0.3, -0.25) is 10.1 Å². The molecule has 2 N–H and O–H groups in total. The molecule has 104 valence electrons. The van der Waals surface area contributed by atoms with E-state index < -0.39 is 4.92 Å². The fourth-order valence-electron chi connectivity index (χ4n) is 2.60. The van der Waals surface area contributed by atoms with Gasteiger partial charge in [-0.1, -0.05) is 19.8 Å². The summed E-state index contributed by atoms with van der Waals surface area (Å²) in [4.78, 5) is 18.6. The number of hydrogen-bond acceptors (Lipinski definition) is 6. The highest BCUT2D eigenvalue weighted by Gasteiger charge is 2.26. The van der Waals surface area contributed by atoms with E-state index >= 15 is 0 Å². The lowest BCUT2D eigenvalue weighted by Crippen LogP contribution is -2.27. The number of anilines is 2. The van der Waals surface area contributed by atoms with E-state index in [2.05, 4.69) is 27.5 Å². The first kappa shape index (κ1) is 13.5. The molecular weight excluding hydrogens is 246 g/mol. The van der Waals surface area contributed by atoms with E-state index in [-0.39, 0.29) is 17.5 Å². The van der Waals surface area contributed by atoms with Gasteiger partial charge < -0.3 is 10.6 Å². The Morgan fingerprint density at radius 2 is 2.11 bits per heavy atom. The molecule has 1 aliphatic carbocycles. The van der Waals surface area contributed by atoms with Crippen LogP contribution in [0.4, 0.5) is 17.3 Å². The molecule has 0 aromatic carbocycles. The number of hydrogen-bond donors (Lipinski definition) is 2. The SMILES string of the molecule is CNc1ncnc(NC2CCCC(C)C2)c1[N+](=O)[O-]. The van der Waals surface area contributed by atoms with Gasteiger partial charge in [-0.2, -0.15) is 0 Å². The van der Waals surface area contributed by atoms with Crippen molar-refractivity contribution in [1.82, 2.24) is 9.97 Å². The van der Waals surface area contributed by atoms with E-state index in [4.69, 9.17) is 0 Å². The molecule has 1 aromatic heterocycles. The molecule has 1 heterocycles. The highest BCUT2D eigenvalue weighted by molar-refractivity contribution is 5.69. The third-order valence-corrected chi connectivity index (χ3v) is 3.52. The fraction of sp³-hybridized carbons (Fsp3) is 0.667. The number of nitrogens with one attached hydrogen (secondary N) is 2. The maximum Gasteiger partial charge on any atom is 0.353 e. The van der Waals surface area contributed by atoms with Gasteiger partial charge in [-0.25, -0.2) is 9.97 Å². The molecule has 0 amide bonds. The van der Waals surface area contributed by atoms with E-state index in [1.807, 2.05) is 0 Å². The highest BCUT2D eigenvalue weighted by Crippen LogP contribution is 2.32. The second-order valence-corrected chi connectivity index (χ2v) is 5.04. The van der Waals surface area contributed by atoms with Crippen LogP contribution in [0.5, 0.6) is 0 Å². The number of nitrogens with zero attached hydrogens (tertiary/aromatic N) is 3. The zero-order valence-electron chi connectivity index (χ0n) is 11.2. The molecule has 0 radical (unpaired) electrons. The summed E-state index contributed by atoms with van der Waals surface area (Å²) in [5.74, 6) is 1.20. The molecule has 2 rings (SSSR count). The Morgan fingerprint density at radius 1 is 1.37 bits per heavy atom. The molecule has 1 aliphatic rings. The van der Waals surface area contributed by atoms with Crippen molar-refractivity contribution in [3.63, 3.8) is 0 Å². The topological polar surface area (TPSA) is 93.0 Å². The predicted molar refractivity (Wildman–Crippen MR) is 73.3 cm³/mol. The van der Waals surface area contributed by atoms with Crippen LogP contribution in [-0.4, -0.2) is 28.0 Å². The minimum Gasteiger partial charge on any atom is -0.367 e. The van der Waals surface area contributed by atoms with Crippen molar-refractivity contribution in [3.05, 3.63) is 16.4 Å². The van der Waals surface area contributed by atoms with Gasteiger partial charge in [0, 0.05) is 13.1 Å². The average molecular weight is 265 g/mol. The van der Waals surface area contributed by atoms with Crippen molar-refractivity contribution in [1.29, 1.82) is 0 Å². The van der Waals surface area contributed by atoms with Crippen molar-refractivity contribution in [2.45, 2.75) is 38.6 Å². The largest absolute Gasteiger partial charge is 0.367 e. The molecule has 1 fully saturated rings. The van der Waals surface area contributed by atoms with Gasteiger partial charge in [0.05, 0.1) is 4.92 Å². The van der Waals surface area contributed by atoms with E-state index in [1.165, 1.54) is 12.7 Å². The van der Waals surface area contributed by atoms with Gasteiger partial charge in [-0.15, -0.1) is 0 Å². The van der Waals surface area contributed by atoms with Crippen LogP contribution < -0.4 is 10.6 Å². The first-order chi connectivity index (χ1) is 9.11. The maximum atomic E-state index is 11.2. The van der Waals surface area contributed by atoms with Crippen LogP contribution in [0.1, 0.15) is 32.6 Å². The molecule has 19 heavy (non-hydrogen) atoms. The van der Waals surface area contributed by atoms with Gasteiger partial charge in [0.2, 0.25) is 11.6 Å². The standard InChI is InChI=1S/C12H19N5O2/c1-8-4-3-5-9(6-8)16-12-10(17(18)19)11(13-2)14-7-15-12/h7-9H,3-6H2,1-2H3,(H2,13,14,15,16). The fourth-order valence-corrected chi connectivity index (χ4v) is 2.60. The van der Waals surface area contributed by atoms with Crippen molar-refractivity contribution in [3.8, 4) is 0 Å². The minimum absolute atomic E-state index is 0.0803. The summed E-state index contributed by atoms with van der Waals surface area (Å²) >= 11 is 0. The zero-order valence-corrected chi connectivity index (χ0v) is 11.2. The molecule has 2 unspecified atom stereocenters. The van der Waals surface area contributed by atoms with Crippen molar-refractivity contribution < 1.29 is 4.92 Å². The summed E-state index contributed by atoms with van der Waals surface area (Å²) in [6, 6.07) is 0.252. The Balaban J connectivity index is 2.21. The summed E-state index contributed by atoms with van der Waals surface area (Å²) < 4.78 is 0. The molecule has 0 bridgehead atoms. The summed E-state index contributed by atoms with van der Waals surface area (Å²) in [5, 5.41) is 17.1. The van der Waals surface area contributed by atoms with Gasteiger partial charge in [0.25, 0.3) is 0 Å². The van der Waals surface area contributed by atoms with Crippen LogP contribution in [0, 0.1) is 16.0 Å². The normalized spacial score (nSPS) is 22.8. The Labute approximate surface area is 112 Å². The van der Waals surface area contributed by atoms with Crippen LogP contribution >= 0.6 is 0 Å². The Bertz CT molecular complexity index is 465. The molecular formula is C12H19N5O2. The molecule has 0 spiro atoms. The monoisotopic (exact) mass is 265 g/mol. The highest BCUT2D eigenvalue weighted by atomic mass is 16.6. The molecule has 1 saturated carbocycles. The first-order valence-corrected chi connectivity index (χ1v) is 6.55. The molecule has 0 aliphatic heterocycles. The molecule has 7 nitrogen and oxygen atoms in total. The van der Waals surface area contributed by atoms with Gasteiger partial charge in [0.1, 0.15) is 6.33 Å². The summed E-state index contributed by atoms with van der Waals surface area (Å²) in [6.07, 6.45) is 5.77. The summed E-state index contributed by atoms with van der Waals surface area (Å²) in [6.45, 7) is 2.21. The molecule has 2 atom stereocenters. The molecule has 0 saturated heterocycles. The Morgan fingerprint density at radius 3 is 2.74 bits per heavy atom. The Hall–Kier alpha value is -1.92. The lowest BCUT2D eigenvalue weighted by Gasteiger charge is -2.27. The predicted octanol–water partition coefficient (Wildman–Crippen LogP) is 2.42. The number of rotatable bonds is 4. The first-order valence-electron chi connectivity index (χ1n) is 6.55. The lowest BCUT2D eigenvalue weighted by molar-refractivity contribution is -0.383. The smallest absolute Gasteiger partial charge is 0.353 e. The third-order valence-electron chi connectivity index (χ3n) is 3.52.